The number of nitrogen functional groups attached to an aromatic ring is 1. The molecule has 0 bridgehead atoms. The molecule has 2 aromatic carbocycles. The third-order valence-electron chi connectivity index (χ3n) is 3.95. The molecule has 0 saturated heterocycles. The molecule has 5 N–H and O–H groups in total. The van der Waals surface area contributed by atoms with Crippen molar-refractivity contribution in [2.75, 3.05) is 12.3 Å². The van der Waals surface area contributed by atoms with E-state index in [-0.39, 0.29) is 30.1 Å². The van der Waals surface area contributed by atoms with Crippen molar-refractivity contribution >= 4 is 17.5 Å². The van der Waals surface area contributed by atoms with E-state index in [1.165, 1.54) is 13.0 Å². The normalized spacial score (nSPS) is 12.9. The van der Waals surface area contributed by atoms with E-state index in [1.807, 2.05) is 18.2 Å². The fraction of sp³-hybridized carbons (Fsp3) is 0.278. The summed E-state index contributed by atoms with van der Waals surface area (Å²) in [5, 5.41) is 33.6. The summed E-state index contributed by atoms with van der Waals surface area (Å²) < 4.78 is 5.01. The van der Waals surface area contributed by atoms with Crippen LogP contribution >= 0.6 is 0 Å². The van der Waals surface area contributed by atoms with Crippen LogP contribution in [0.3, 0.4) is 0 Å². The molecule has 2 rings (SSSR count). The van der Waals surface area contributed by atoms with Crippen LogP contribution in [0.4, 0.5) is 16.2 Å². The number of anilines is 1. The van der Waals surface area contributed by atoms with Gasteiger partial charge in [-0.2, -0.15) is 0 Å². The average Bonchev–Trinajstić information content (AvgIpc) is 2.65. The highest BCUT2D eigenvalue weighted by atomic mass is 16.6. The van der Waals surface area contributed by atoms with Crippen LogP contribution in [0, 0.1) is 17.0 Å². The Morgan fingerprint density at radius 1 is 1.30 bits per heavy atom. The zero-order valence-corrected chi connectivity index (χ0v) is 14.7. The summed E-state index contributed by atoms with van der Waals surface area (Å²) in [6.07, 6.45) is -3.56. The molecule has 0 spiro atoms. The number of nitrogens with one attached hydrogen (secondary N) is 1. The van der Waals surface area contributed by atoms with E-state index in [0.717, 1.165) is 11.6 Å². The number of alkyl carbamates (subject to hydrolysis) is 1. The number of nitro groups is 1. The van der Waals surface area contributed by atoms with E-state index < -0.39 is 23.2 Å². The molecule has 0 aliphatic rings. The van der Waals surface area contributed by atoms with Gasteiger partial charge in [-0.1, -0.05) is 30.3 Å². The van der Waals surface area contributed by atoms with Gasteiger partial charge in [-0.15, -0.1) is 0 Å². The molecule has 144 valence electrons. The number of hydrogen-bond donors (Lipinski definition) is 4. The third kappa shape index (κ3) is 5.40. The number of aliphatic hydroxyl groups excluding tert-OH is 2. The van der Waals surface area contributed by atoms with Crippen LogP contribution in [0.15, 0.2) is 42.5 Å². The molecule has 0 aliphatic heterocycles. The molecule has 1 amide bonds. The number of ether oxygens (including phenoxy) is 1. The Kier molecular flexibility index (Phi) is 6.69. The fourth-order valence-corrected chi connectivity index (χ4v) is 2.47. The molecule has 0 heterocycles. The maximum absolute atomic E-state index is 11.7. The minimum atomic E-state index is -1.43. The monoisotopic (exact) mass is 375 g/mol. The van der Waals surface area contributed by atoms with E-state index in [0.29, 0.717) is 5.56 Å². The van der Waals surface area contributed by atoms with Gasteiger partial charge in [0.05, 0.1) is 4.92 Å². The van der Waals surface area contributed by atoms with Crippen molar-refractivity contribution in [3.63, 3.8) is 0 Å². The lowest BCUT2D eigenvalue weighted by molar-refractivity contribution is -0.385. The van der Waals surface area contributed by atoms with E-state index in [9.17, 15) is 25.1 Å². The second kappa shape index (κ2) is 8.97. The van der Waals surface area contributed by atoms with Crippen molar-refractivity contribution in [3.05, 3.63) is 69.3 Å². The van der Waals surface area contributed by atoms with Gasteiger partial charge in [0.2, 0.25) is 0 Å². The lowest BCUT2D eigenvalue weighted by Crippen LogP contribution is -2.36. The summed E-state index contributed by atoms with van der Waals surface area (Å²) in [6, 6.07) is 11.5. The van der Waals surface area contributed by atoms with E-state index >= 15 is 0 Å². The number of hydrogen-bond acceptors (Lipinski definition) is 7. The van der Waals surface area contributed by atoms with Gasteiger partial charge in [-0.3, -0.25) is 10.1 Å². The van der Waals surface area contributed by atoms with Crippen LogP contribution in [0.2, 0.25) is 0 Å². The maximum Gasteiger partial charge on any atom is 0.407 e. The number of aryl methyl sites for hydroxylation is 1. The predicted octanol–water partition coefficient (Wildman–Crippen LogP) is 1.81. The first-order valence-electron chi connectivity index (χ1n) is 8.14. The largest absolute Gasteiger partial charge is 0.445 e. The number of nitrogens with two attached hydrogens (primary N) is 1. The standard InChI is InChI=1S/C18H21N3O6/c1-11-7-13(14(19)8-15(11)21(25)26)17(23)16(22)9-20-18(24)27-10-12-5-3-2-4-6-12/h2-8,16-17,22-23H,9-10,19H2,1H3,(H,20,24). The van der Waals surface area contributed by atoms with Crippen molar-refractivity contribution in [2.45, 2.75) is 25.7 Å². The molecule has 27 heavy (non-hydrogen) atoms. The van der Waals surface area contributed by atoms with Gasteiger partial charge in [-0.05, 0) is 18.6 Å². The molecular weight excluding hydrogens is 354 g/mol. The second-order valence-electron chi connectivity index (χ2n) is 5.98. The molecule has 0 aromatic heterocycles. The number of rotatable bonds is 7. The van der Waals surface area contributed by atoms with Crippen LogP contribution in [0.5, 0.6) is 0 Å². The van der Waals surface area contributed by atoms with Gasteiger partial charge in [0.1, 0.15) is 18.8 Å². The van der Waals surface area contributed by atoms with Gasteiger partial charge < -0.3 is 26.0 Å². The molecule has 0 fully saturated rings. The molecule has 0 radical (unpaired) electrons. The first kappa shape index (κ1) is 20.1. The van der Waals surface area contributed by atoms with Crippen LogP contribution in [0.25, 0.3) is 0 Å². The maximum atomic E-state index is 11.7. The van der Waals surface area contributed by atoms with Crippen molar-refractivity contribution in [1.82, 2.24) is 5.32 Å². The Morgan fingerprint density at radius 2 is 1.96 bits per heavy atom. The van der Waals surface area contributed by atoms with Crippen molar-refractivity contribution in [2.24, 2.45) is 0 Å². The lowest BCUT2D eigenvalue weighted by atomic mass is 9.99. The number of benzene rings is 2. The summed E-state index contributed by atoms with van der Waals surface area (Å²) in [5.74, 6) is 0. The van der Waals surface area contributed by atoms with Gasteiger partial charge >= 0.3 is 6.09 Å². The van der Waals surface area contributed by atoms with Crippen molar-refractivity contribution in [3.8, 4) is 0 Å². The van der Waals surface area contributed by atoms with Crippen LogP contribution in [-0.2, 0) is 11.3 Å². The minimum absolute atomic E-state index is 0.0227. The van der Waals surface area contributed by atoms with Crippen LogP contribution in [0.1, 0.15) is 22.8 Å². The number of nitro benzene ring substituents is 1. The van der Waals surface area contributed by atoms with Crippen molar-refractivity contribution in [1.29, 1.82) is 0 Å². The second-order valence-corrected chi connectivity index (χ2v) is 5.98. The van der Waals surface area contributed by atoms with Crippen molar-refractivity contribution < 1.29 is 24.7 Å². The molecule has 9 nitrogen and oxygen atoms in total. The lowest BCUT2D eigenvalue weighted by Gasteiger charge is -2.20. The van der Waals surface area contributed by atoms with E-state index in [1.54, 1.807) is 12.1 Å². The summed E-state index contributed by atoms with van der Waals surface area (Å²) in [4.78, 5) is 22.0. The average molecular weight is 375 g/mol. The number of nitrogens with zero attached hydrogens (tertiary/aromatic N) is 1. The van der Waals surface area contributed by atoms with Crippen LogP contribution in [-0.4, -0.2) is 33.9 Å². The first-order valence-corrected chi connectivity index (χ1v) is 8.14. The molecule has 0 saturated carbocycles. The third-order valence-corrected chi connectivity index (χ3v) is 3.95. The quantitative estimate of drug-likeness (QED) is 0.328. The molecule has 2 aromatic rings. The first-order chi connectivity index (χ1) is 12.8. The topological polar surface area (TPSA) is 148 Å². The molecule has 2 unspecified atom stereocenters. The zero-order valence-electron chi connectivity index (χ0n) is 14.7. The van der Waals surface area contributed by atoms with Gasteiger partial charge in [0, 0.05) is 29.4 Å². The smallest absolute Gasteiger partial charge is 0.407 e. The molecule has 9 heteroatoms. The minimum Gasteiger partial charge on any atom is -0.445 e. The molecule has 0 aliphatic carbocycles. The molecular formula is C18H21N3O6. The van der Waals surface area contributed by atoms with Gasteiger partial charge in [0.25, 0.3) is 5.69 Å². The number of carbonyl (C=O) groups excluding carboxylic acids is 1. The highest BCUT2D eigenvalue weighted by Gasteiger charge is 2.24. The highest BCUT2D eigenvalue weighted by Crippen LogP contribution is 2.30. The number of amides is 1. The zero-order chi connectivity index (χ0) is 20.0. The van der Waals surface area contributed by atoms with E-state index in [4.69, 9.17) is 10.5 Å². The summed E-state index contributed by atoms with van der Waals surface area (Å²) >= 11 is 0. The summed E-state index contributed by atoms with van der Waals surface area (Å²) in [6.45, 7) is 1.28. The Bertz CT molecular complexity index is 812. The fourth-order valence-electron chi connectivity index (χ4n) is 2.47. The Hall–Kier alpha value is -3.17. The predicted molar refractivity (Wildman–Crippen MR) is 97.8 cm³/mol. The Labute approximate surface area is 155 Å². The van der Waals surface area contributed by atoms with Gasteiger partial charge in [-0.25, -0.2) is 4.79 Å². The van der Waals surface area contributed by atoms with E-state index in [2.05, 4.69) is 5.32 Å². The van der Waals surface area contributed by atoms with Gasteiger partial charge in [0.15, 0.2) is 0 Å². The highest BCUT2D eigenvalue weighted by molar-refractivity contribution is 5.67. The number of aliphatic hydroxyl groups is 2. The molecule has 2 atom stereocenters. The number of carbonyl (C=O) groups is 1. The summed E-state index contributed by atoms with van der Waals surface area (Å²) in [7, 11) is 0. The summed E-state index contributed by atoms with van der Waals surface area (Å²) in [5.41, 5.74) is 6.79. The Morgan fingerprint density at radius 3 is 2.59 bits per heavy atom. The Balaban J connectivity index is 1.91. The SMILES string of the molecule is Cc1cc(C(O)C(O)CNC(=O)OCc2ccccc2)c(N)cc1[N+](=O)[O-]. The van der Waals surface area contributed by atoms with Crippen LogP contribution < -0.4 is 11.1 Å².